The minimum Gasteiger partial charge on any atom is -0.462 e. The maximum atomic E-state index is 11.9. The van der Waals surface area contributed by atoms with Crippen LogP contribution in [0.25, 0.3) is 0 Å². The molecule has 0 aliphatic carbocycles. The lowest BCUT2D eigenvalue weighted by Gasteiger charge is -2.10. The summed E-state index contributed by atoms with van der Waals surface area (Å²) in [5.74, 6) is 0.0324. The van der Waals surface area contributed by atoms with Crippen molar-refractivity contribution >= 4 is 27.6 Å². The van der Waals surface area contributed by atoms with Crippen LogP contribution >= 0.6 is 15.9 Å². The Kier molecular flexibility index (Phi) is 4.52. The molecule has 0 fully saturated rings. The standard InChI is InChI=1S/C13H12BrN3O3/c1-2-19-13(18)11-4-9(15)6-17-12(11)20-10-3-8(14)5-16-7-10/h3-7H,2,15H2,1H3. The molecule has 2 N–H and O–H groups in total. The summed E-state index contributed by atoms with van der Waals surface area (Å²) in [4.78, 5) is 19.8. The van der Waals surface area contributed by atoms with Gasteiger partial charge in [0, 0.05) is 10.7 Å². The number of esters is 1. The van der Waals surface area contributed by atoms with Gasteiger partial charge in [0.2, 0.25) is 5.88 Å². The Balaban J connectivity index is 2.33. The molecule has 2 heterocycles. The zero-order chi connectivity index (χ0) is 14.5. The topological polar surface area (TPSA) is 87.3 Å². The van der Waals surface area contributed by atoms with Crippen molar-refractivity contribution in [3.05, 3.63) is 40.8 Å². The van der Waals surface area contributed by atoms with Crippen LogP contribution in [-0.2, 0) is 4.74 Å². The molecule has 0 aromatic carbocycles. The van der Waals surface area contributed by atoms with Gasteiger partial charge >= 0.3 is 5.97 Å². The van der Waals surface area contributed by atoms with E-state index >= 15 is 0 Å². The Labute approximate surface area is 124 Å². The van der Waals surface area contributed by atoms with Crippen LogP contribution in [0.5, 0.6) is 11.6 Å². The molecule has 0 saturated heterocycles. The van der Waals surface area contributed by atoms with Crippen molar-refractivity contribution in [3.63, 3.8) is 0 Å². The number of rotatable bonds is 4. The summed E-state index contributed by atoms with van der Waals surface area (Å²) in [6.45, 7) is 1.97. The fraction of sp³-hybridized carbons (Fsp3) is 0.154. The van der Waals surface area contributed by atoms with Crippen LogP contribution in [0.1, 0.15) is 17.3 Å². The van der Waals surface area contributed by atoms with E-state index in [1.165, 1.54) is 18.5 Å². The third kappa shape index (κ3) is 3.45. The molecule has 0 unspecified atom stereocenters. The summed E-state index contributed by atoms with van der Waals surface area (Å²) < 4.78 is 11.3. The predicted octanol–water partition coefficient (Wildman–Crippen LogP) is 2.79. The number of halogens is 1. The zero-order valence-corrected chi connectivity index (χ0v) is 12.3. The zero-order valence-electron chi connectivity index (χ0n) is 10.7. The van der Waals surface area contributed by atoms with E-state index in [9.17, 15) is 4.79 Å². The van der Waals surface area contributed by atoms with Gasteiger partial charge in [0.1, 0.15) is 11.3 Å². The fourth-order valence-electron chi connectivity index (χ4n) is 1.46. The normalized spacial score (nSPS) is 10.1. The van der Waals surface area contributed by atoms with E-state index in [0.29, 0.717) is 11.4 Å². The van der Waals surface area contributed by atoms with Gasteiger partial charge in [-0.1, -0.05) is 0 Å². The number of carbonyl (C=O) groups is 1. The van der Waals surface area contributed by atoms with Crippen molar-refractivity contribution < 1.29 is 14.3 Å². The van der Waals surface area contributed by atoms with Gasteiger partial charge in [0.15, 0.2) is 0 Å². The van der Waals surface area contributed by atoms with Crippen LogP contribution in [0.4, 0.5) is 5.69 Å². The van der Waals surface area contributed by atoms with E-state index in [-0.39, 0.29) is 18.1 Å². The fourth-order valence-corrected chi connectivity index (χ4v) is 1.81. The van der Waals surface area contributed by atoms with E-state index in [1.54, 1.807) is 19.2 Å². The minimum absolute atomic E-state index is 0.123. The summed E-state index contributed by atoms with van der Waals surface area (Å²) in [6.07, 6.45) is 4.54. The SMILES string of the molecule is CCOC(=O)c1cc(N)cnc1Oc1cncc(Br)c1. The third-order valence-electron chi connectivity index (χ3n) is 2.26. The Hall–Kier alpha value is -2.15. The number of hydrogen-bond acceptors (Lipinski definition) is 6. The molecule has 0 amide bonds. The molecular weight excluding hydrogens is 326 g/mol. The van der Waals surface area contributed by atoms with Crippen molar-refractivity contribution in [3.8, 4) is 11.6 Å². The van der Waals surface area contributed by atoms with E-state index in [4.69, 9.17) is 15.2 Å². The molecule has 0 aliphatic rings. The van der Waals surface area contributed by atoms with Crippen molar-refractivity contribution in [1.29, 1.82) is 0 Å². The number of ether oxygens (including phenoxy) is 2. The van der Waals surface area contributed by atoms with Crippen LogP contribution in [0.2, 0.25) is 0 Å². The molecule has 7 heteroatoms. The Bertz CT molecular complexity index is 634. The second-order valence-corrected chi connectivity index (χ2v) is 4.70. The second-order valence-electron chi connectivity index (χ2n) is 3.78. The molecule has 6 nitrogen and oxygen atoms in total. The Morgan fingerprint density at radius 2 is 2.15 bits per heavy atom. The minimum atomic E-state index is -0.537. The maximum absolute atomic E-state index is 11.9. The highest BCUT2D eigenvalue weighted by atomic mass is 79.9. The average Bonchev–Trinajstić information content (AvgIpc) is 2.41. The highest BCUT2D eigenvalue weighted by Crippen LogP contribution is 2.26. The molecule has 0 radical (unpaired) electrons. The van der Waals surface area contributed by atoms with Crippen LogP contribution in [0, 0.1) is 0 Å². The molecule has 2 aromatic heterocycles. The predicted molar refractivity (Wildman–Crippen MR) is 76.6 cm³/mol. The number of carbonyl (C=O) groups excluding carboxylic acids is 1. The first-order chi connectivity index (χ1) is 9.60. The quantitative estimate of drug-likeness (QED) is 0.863. The van der Waals surface area contributed by atoms with E-state index in [0.717, 1.165) is 4.47 Å². The lowest BCUT2D eigenvalue weighted by molar-refractivity contribution is 0.0523. The van der Waals surface area contributed by atoms with Crippen LogP contribution in [0.15, 0.2) is 35.2 Å². The van der Waals surface area contributed by atoms with E-state index in [1.807, 2.05) is 0 Å². The molecule has 2 rings (SSSR count). The maximum Gasteiger partial charge on any atom is 0.343 e. The number of nitrogens with zero attached hydrogens (tertiary/aromatic N) is 2. The number of anilines is 1. The molecule has 20 heavy (non-hydrogen) atoms. The van der Waals surface area contributed by atoms with Gasteiger partial charge in [-0.3, -0.25) is 4.98 Å². The van der Waals surface area contributed by atoms with Crippen LogP contribution in [-0.4, -0.2) is 22.5 Å². The molecule has 0 saturated carbocycles. The van der Waals surface area contributed by atoms with Gasteiger partial charge in [-0.2, -0.15) is 0 Å². The Morgan fingerprint density at radius 1 is 1.35 bits per heavy atom. The second kappa shape index (κ2) is 6.33. The first kappa shape index (κ1) is 14.3. The number of hydrogen-bond donors (Lipinski definition) is 1. The van der Waals surface area contributed by atoms with Crippen molar-refractivity contribution in [2.24, 2.45) is 0 Å². The van der Waals surface area contributed by atoms with E-state index < -0.39 is 5.97 Å². The molecular formula is C13H12BrN3O3. The molecule has 0 atom stereocenters. The van der Waals surface area contributed by atoms with Crippen molar-refractivity contribution in [2.75, 3.05) is 12.3 Å². The third-order valence-corrected chi connectivity index (χ3v) is 2.70. The summed E-state index contributed by atoms with van der Waals surface area (Å²) in [5, 5.41) is 0. The lowest BCUT2D eigenvalue weighted by Crippen LogP contribution is -2.08. The lowest BCUT2D eigenvalue weighted by atomic mass is 10.2. The number of pyridine rings is 2. The van der Waals surface area contributed by atoms with Crippen LogP contribution < -0.4 is 10.5 Å². The van der Waals surface area contributed by atoms with Crippen LogP contribution in [0.3, 0.4) is 0 Å². The molecule has 0 aliphatic heterocycles. The summed E-state index contributed by atoms with van der Waals surface area (Å²) in [6, 6.07) is 3.17. The van der Waals surface area contributed by atoms with Gasteiger partial charge in [0.25, 0.3) is 0 Å². The number of aromatic nitrogens is 2. The first-order valence-corrected chi connectivity index (χ1v) is 6.60. The monoisotopic (exact) mass is 337 g/mol. The molecule has 0 spiro atoms. The summed E-state index contributed by atoms with van der Waals surface area (Å²) in [5.41, 5.74) is 6.16. The smallest absolute Gasteiger partial charge is 0.343 e. The average molecular weight is 338 g/mol. The van der Waals surface area contributed by atoms with E-state index in [2.05, 4.69) is 25.9 Å². The molecule has 2 aromatic rings. The summed E-state index contributed by atoms with van der Waals surface area (Å²) in [7, 11) is 0. The van der Waals surface area contributed by atoms with Gasteiger partial charge < -0.3 is 15.2 Å². The highest BCUT2D eigenvalue weighted by Gasteiger charge is 2.16. The molecule has 104 valence electrons. The largest absolute Gasteiger partial charge is 0.462 e. The number of nitrogens with two attached hydrogens (primary N) is 1. The van der Waals surface area contributed by atoms with Gasteiger partial charge in [0.05, 0.1) is 24.7 Å². The van der Waals surface area contributed by atoms with Gasteiger partial charge in [-0.25, -0.2) is 9.78 Å². The Morgan fingerprint density at radius 3 is 2.85 bits per heavy atom. The first-order valence-electron chi connectivity index (χ1n) is 5.81. The van der Waals surface area contributed by atoms with Crippen molar-refractivity contribution in [1.82, 2.24) is 9.97 Å². The van der Waals surface area contributed by atoms with Gasteiger partial charge in [-0.15, -0.1) is 0 Å². The molecule has 0 bridgehead atoms. The highest BCUT2D eigenvalue weighted by molar-refractivity contribution is 9.10. The van der Waals surface area contributed by atoms with Crippen molar-refractivity contribution in [2.45, 2.75) is 6.92 Å². The summed E-state index contributed by atoms with van der Waals surface area (Å²) >= 11 is 3.28. The number of nitrogen functional groups attached to an aromatic ring is 1. The van der Waals surface area contributed by atoms with Gasteiger partial charge in [-0.05, 0) is 35.0 Å².